The molecular formula is C30H35FN6O2. The number of piperidine rings is 1. The largest absolute Gasteiger partial charge is 0.372 e. The van der Waals surface area contributed by atoms with Crippen LogP contribution in [0.15, 0.2) is 30.7 Å². The summed E-state index contributed by atoms with van der Waals surface area (Å²) in [6.45, 7) is 8.65. The maximum Gasteiger partial charge on any atom is 0.236 e. The zero-order chi connectivity index (χ0) is 26.7. The van der Waals surface area contributed by atoms with Gasteiger partial charge in [-0.25, -0.2) is 13.9 Å². The van der Waals surface area contributed by atoms with E-state index in [4.69, 9.17) is 4.74 Å². The van der Waals surface area contributed by atoms with Gasteiger partial charge in [-0.2, -0.15) is 5.10 Å². The van der Waals surface area contributed by atoms with Crippen molar-refractivity contribution in [2.24, 2.45) is 0 Å². The van der Waals surface area contributed by atoms with E-state index in [0.29, 0.717) is 44.6 Å². The second-order valence-corrected chi connectivity index (χ2v) is 11.7. The number of pyridine rings is 1. The summed E-state index contributed by atoms with van der Waals surface area (Å²) in [5, 5.41) is 5.70. The molecule has 3 aliphatic rings. The number of carbonyl (C=O) groups is 1. The van der Waals surface area contributed by atoms with Crippen LogP contribution in [0.1, 0.15) is 67.2 Å². The third kappa shape index (κ3) is 4.32. The van der Waals surface area contributed by atoms with Gasteiger partial charge in [-0.05, 0) is 73.0 Å². The van der Waals surface area contributed by atoms with Crippen molar-refractivity contribution in [1.29, 1.82) is 0 Å². The third-order valence-corrected chi connectivity index (χ3v) is 8.89. The Morgan fingerprint density at radius 2 is 1.97 bits per heavy atom. The van der Waals surface area contributed by atoms with Crippen molar-refractivity contribution >= 4 is 22.5 Å². The molecular weight excluding hydrogens is 495 g/mol. The number of hydrogen-bond acceptors (Lipinski definition) is 5. The second-order valence-electron chi connectivity index (χ2n) is 11.7. The van der Waals surface area contributed by atoms with Gasteiger partial charge in [0.05, 0.1) is 32.0 Å². The number of rotatable bonds is 5. The fourth-order valence-corrected chi connectivity index (χ4v) is 6.80. The molecule has 204 valence electrons. The normalized spacial score (nSPS) is 20.6. The zero-order valence-electron chi connectivity index (χ0n) is 22.6. The number of aromatic nitrogens is 4. The van der Waals surface area contributed by atoms with Crippen LogP contribution in [-0.2, 0) is 22.7 Å². The van der Waals surface area contributed by atoms with Crippen molar-refractivity contribution in [2.45, 2.75) is 64.3 Å². The van der Waals surface area contributed by atoms with E-state index in [1.807, 2.05) is 4.52 Å². The number of likely N-dealkylation sites (tertiary alicyclic amines) is 2. The van der Waals surface area contributed by atoms with E-state index in [9.17, 15) is 9.18 Å². The van der Waals surface area contributed by atoms with Crippen molar-refractivity contribution in [3.05, 3.63) is 53.0 Å². The first kappa shape index (κ1) is 24.7. The number of nitrogens with zero attached hydrogens (tertiary/aromatic N) is 5. The molecule has 0 aliphatic carbocycles. The molecule has 0 radical (unpaired) electrons. The average molecular weight is 531 g/mol. The lowest BCUT2D eigenvalue weighted by Crippen LogP contribution is -2.42. The molecule has 3 aliphatic heterocycles. The molecule has 9 heteroatoms. The van der Waals surface area contributed by atoms with E-state index in [1.165, 1.54) is 22.1 Å². The number of carbonyl (C=O) groups excluding carboxylic acids is 1. The van der Waals surface area contributed by atoms with Crippen molar-refractivity contribution in [1.82, 2.24) is 29.4 Å². The average Bonchev–Trinajstić information content (AvgIpc) is 3.73. The Bertz CT molecular complexity index is 1550. The molecule has 1 atom stereocenters. The van der Waals surface area contributed by atoms with Crippen LogP contribution in [-0.4, -0.2) is 74.2 Å². The summed E-state index contributed by atoms with van der Waals surface area (Å²) in [6.07, 6.45) is 5.34. The lowest BCUT2D eigenvalue weighted by molar-refractivity contribution is -0.131. The van der Waals surface area contributed by atoms with Crippen LogP contribution in [0.3, 0.4) is 0 Å². The van der Waals surface area contributed by atoms with Crippen LogP contribution < -0.4 is 0 Å². The minimum Gasteiger partial charge on any atom is -0.372 e. The molecule has 1 amide bonds. The number of nitrogens with one attached hydrogen (secondary N) is 1. The predicted molar refractivity (Wildman–Crippen MR) is 147 cm³/mol. The summed E-state index contributed by atoms with van der Waals surface area (Å²) in [5.74, 6) is 0.860. The highest BCUT2D eigenvalue weighted by Crippen LogP contribution is 2.41. The number of alkyl halides is 1. The van der Waals surface area contributed by atoms with Gasteiger partial charge >= 0.3 is 0 Å². The Morgan fingerprint density at radius 1 is 1.15 bits per heavy atom. The van der Waals surface area contributed by atoms with Gasteiger partial charge in [0.15, 0.2) is 5.65 Å². The topological polar surface area (TPSA) is 78.8 Å². The highest BCUT2D eigenvalue weighted by Gasteiger charge is 2.30. The molecule has 0 bridgehead atoms. The van der Waals surface area contributed by atoms with Crippen LogP contribution in [0.4, 0.5) is 4.39 Å². The Labute approximate surface area is 227 Å². The Hall–Kier alpha value is -3.30. The number of hydrogen-bond donors (Lipinski definition) is 1. The summed E-state index contributed by atoms with van der Waals surface area (Å²) in [7, 11) is 0. The van der Waals surface area contributed by atoms with Gasteiger partial charge in [0, 0.05) is 34.8 Å². The molecule has 0 spiro atoms. The van der Waals surface area contributed by atoms with Crippen LogP contribution in [0.2, 0.25) is 0 Å². The summed E-state index contributed by atoms with van der Waals surface area (Å²) >= 11 is 0. The van der Waals surface area contributed by atoms with Crippen LogP contribution in [0.25, 0.3) is 27.8 Å². The number of fused-ring (bicyclic) bond motifs is 4. The quantitative estimate of drug-likeness (QED) is 0.402. The van der Waals surface area contributed by atoms with Crippen molar-refractivity contribution in [3.63, 3.8) is 0 Å². The molecule has 8 nitrogen and oxygen atoms in total. The Kier molecular flexibility index (Phi) is 6.16. The second kappa shape index (κ2) is 9.71. The van der Waals surface area contributed by atoms with E-state index in [0.717, 1.165) is 53.9 Å². The molecule has 1 aromatic carbocycles. The number of amides is 1. The Balaban J connectivity index is 1.15. The van der Waals surface area contributed by atoms with Gasteiger partial charge in [0.2, 0.25) is 5.91 Å². The standard InChI is InChI=1S/C30H35FN6O2/c1-18(2)28-22-11-20(19-5-8-35(9-6-19)14-27(38)36-10-7-21(31)12-36)3-4-26(22)34-29(28)23-13-37-30(32-17-33-37)25-16-39-15-24(23)25/h3-4,11,13,17-19,21,34H,5-10,12,14-16H2,1-2H3/t21-/m0/s1. The summed E-state index contributed by atoms with van der Waals surface area (Å²) in [4.78, 5) is 24.7. The summed E-state index contributed by atoms with van der Waals surface area (Å²) in [5.41, 5.74) is 9.29. The van der Waals surface area contributed by atoms with Crippen LogP contribution >= 0.6 is 0 Å². The molecule has 39 heavy (non-hydrogen) atoms. The molecule has 7 rings (SSSR count). The van der Waals surface area contributed by atoms with Crippen molar-refractivity contribution < 1.29 is 13.9 Å². The van der Waals surface area contributed by atoms with E-state index in [-0.39, 0.29) is 12.5 Å². The molecule has 3 aromatic heterocycles. The molecule has 0 unspecified atom stereocenters. The number of ether oxygens (including phenoxy) is 1. The lowest BCUT2D eigenvalue weighted by Gasteiger charge is -2.32. The summed E-state index contributed by atoms with van der Waals surface area (Å²) in [6, 6.07) is 6.87. The minimum atomic E-state index is -0.862. The van der Waals surface area contributed by atoms with E-state index < -0.39 is 6.17 Å². The van der Waals surface area contributed by atoms with Gasteiger partial charge < -0.3 is 14.6 Å². The fourth-order valence-electron chi connectivity index (χ4n) is 6.80. The molecule has 1 N–H and O–H groups in total. The van der Waals surface area contributed by atoms with Gasteiger partial charge in [-0.3, -0.25) is 9.69 Å². The maximum atomic E-state index is 13.5. The highest BCUT2D eigenvalue weighted by atomic mass is 19.1. The first-order chi connectivity index (χ1) is 19.0. The predicted octanol–water partition coefficient (Wildman–Crippen LogP) is 4.78. The van der Waals surface area contributed by atoms with E-state index >= 15 is 0 Å². The monoisotopic (exact) mass is 530 g/mol. The molecule has 2 fully saturated rings. The Morgan fingerprint density at radius 3 is 2.74 bits per heavy atom. The van der Waals surface area contributed by atoms with Gasteiger partial charge in [-0.1, -0.05) is 19.9 Å². The molecule has 6 heterocycles. The van der Waals surface area contributed by atoms with Gasteiger partial charge in [-0.15, -0.1) is 0 Å². The lowest BCUT2D eigenvalue weighted by atomic mass is 9.87. The minimum absolute atomic E-state index is 0.0670. The number of benzene rings is 1. The van der Waals surface area contributed by atoms with Gasteiger partial charge in [0.1, 0.15) is 12.5 Å². The number of aromatic amines is 1. The van der Waals surface area contributed by atoms with Crippen LogP contribution in [0, 0.1) is 0 Å². The molecule has 0 saturated carbocycles. The van der Waals surface area contributed by atoms with Gasteiger partial charge in [0.25, 0.3) is 0 Å². The smallest absolute Gasteiger partial charge is 0.236 e. The summed E-state index contributed by atoms with van der Waals surface area (Å²) < 4.78 is 21.2. The van der Waals surface area contributed by atoms with Crippen molar-refractivity contribution in [2.75, 3.05) is 32.7 Å². The maximum absolute atomic E-state index is 13.5. The first-order valence-electron chi connectivity index (χ1n) is 14.2. The van der Waals surface area contributed by atoms with Crippen molar-refractivity contribution in [3.8, 4) is 11.3 Å². The zero-order valence-corrected chi connectivity index (χ0v) is 22.6. The number of H-pyrrole nitrogens is 1. The fraction of sp³-hybridized carbons (Fsp3) is 0.500. The number of halogens is 1. The highest BCUT2D eigenvalue weighted by molar-refractivity contribution is 5.93. The first-order valence-corrected chi connectivity index (χ1v) is 14.2. The molecule has 4 aromatic rings. The third-order valence-electron chi connectivity index (χ3n) is 8.89. The molecule has 2 saturated heterocycles. The SMILES string of the molecule is CC(C)c1c(-c2cn3ncnc3c3c2COC3)[nH]c2ccc(C3CCN(CC(=O)N4CC[C@H](F)C4)CC3)cc12. The van der Waals surface area contributed by atoms with E-state index in [2.05, 4.69) is 58.2 Å². The van der Waals surface area contributed by atoms with E-state index in [1.54, 1.807) is 11.2 Å². The van der Waals surface area contributed by atoms with Crippen LogP contribution in [0.5, 0.6) is 0 Å².